The maximum atomic E-state index is 5.26. The third-order valence-corrected chi connectivity index (χ3v) is 2.67. The van der Waals surface area contributed by atoms with Crippen molar-refractivity contribution in [2.24, 2.45) is 5.92 Å². The molecule has 0 radical (unpaired) electrons. The lowest BCUT2D eigenvalue weighted by Gasteiger charge is -2.10. The molecule has 1 fully saturated rings. The Hall–Kier alpha value is -1.18. The van der Waals surface area contributed by atoms with E-state index in [0.717, 1.165) is 23.9 Å². The average Bonchev–Trinajstić information content (AvgIpc) is 3.03. The molecule has 1 aromatic carbocycles. The number of para-hydroxylation sites is 2. The van der Waals surface area contributed by atoms with E-state index >= 15 is 0 Å². The van der Waals surface area contributed by atoms with Crippen molar-refractivity contribution in [3.8, 4) is 5.75 Å². The van der Waals surface area contributed by atoms with Gasteiger partial charge in [-0.25, -0.2) is 0 Å². The number of anilines is 1. The Morgan fingerprint density at radius 1 is 1.36 bits per heavy atom. The van der Waals surface area contributed by atoms with Crippen LogP contribution in [0.5, 0.6) is 5.75 Å². The van der Waals surface area contributed by atoms with E-state index in [2.05, 4.69) is 11.4 Å². The van der Waals surface area contributed by atoms with Gasteiger partial charge in [-0.15, -0.1) is 0 Å². The average molecular weight is 191 g/mol. The van der Waals surface area contributed by atoms with Crippen LogP contribution in [0, 0.1) is 5.92 Å². The summed E-state index contributed by atoms with van der Waals surface area (Å²) in [5.41, 5.74) is 1.11. The molecule has 2 heteroatoms. The first-order chi connectivity index (χ1) is 6.90. The lowest BCUT2D eigenvalue weighted by atomic mass is 10.2. The summed E-state index contributed by atoms with van der Waals surface area (Å²) in [7, 11) is 1.71. The van der Waals surface area contributed by atoms with Crippen molar-refractivity contribution < 1.29 is 4.74 Å². The third-order valence-electron chi connectivity index (χ3n) is 2.67. The van der Waals surface area contributed by atoms with E-state index in [1.807, 2.05) is 18.2 Å². The van der Waals surface area contributed by atoms with Crippen molar-refractivity contribution in [1.82, 2.24) is 0 Å². The van der Waals surface area contributed by atoms with Crippen LogP contribution in [0.15, 0.2) is 24.3 Å². The van der Waals surface area contributed by atoms with Crippen LogP contribution >= 0.6 is 0 Å². The minimum Gasteiger partial charge on any atom is -0.495 e. The molecule has 0 unspecified atom stereocenters. The molecule has 1 aromatic rings. The summed E-state index contributed by atoms with van der Waals surface area (Å²) in [4.78, 5) is 0. The molecule has 14 heavy (non-hydrogen) atoms. The van der Waals surface area contributed by atoms with Crippen LogP contribution in [-0.4, -0.2) is 13.7 Å². The van der Waals surface area contributed by atoms with Gasteiger partial charge in [0.05, 0.1) is 12.8 Å². The highest BCUT2D eigenvalue weighted by molar-refractivity contribution is 5.55. The molecule has 1 aliphatic rings. The zero-order valence-electron chi connectivity index (χ0n) is 8.62. The van der Waals surface area contributed by atoms with Crippen molar-refractivity contribution in [1.29, 1.82) is 0 Å². The summed E-state index contributed by atoms with van der Waals surface area (Å²) in [5.74, 6) is 1.92. The molecule has 1 N–H and O–H groups in total. The van der Waals surface area contributed by atoms with E-state index in [-0.39, 0.29) is 0 Å². The first kappa shape index (κ1) is 9.38. The van der Waals surface area contributed by atoms with Gasteiger partial charge in [-0.1, -0.05) is 25.0 Å². The molecule has 0 amide bonds. The summed E-state index contributed by atoms with van der Waals surface area (Å²) in [6.45, 7) is 1.06. The standard InChI is InChI=1S/C12H17NO/c1-14-12-5-3-2-4-11(12)13-9-8-10-6-7-10/h2-5,10,13H,6-9H2,1H3. The number of hydrogen-bond acceptors (Lipinski definition) is 2. The normalized spacial score (nSPS) is 15.2. The second-order valence-corrected chi connectivity index (χ2v) is 3.86. The van der Waals surface area contributed by atoms with Crippen molar-refractivity contribution in [2.45, 2.75) is 19.3 Å². The highest BCUT2D eigenvalue weighted by atomic mass is 16.5. The summed E-state index contributed by atoms with van der Waals surface area (Å²) in [5, 5.41) is 3.41. The Labute approximate surface area is 85.3 Å². The van der Waals surface area contributed by atoms with Gasteiger partial charge >= 0.3 is 0 Å². The molecule has 0 saturated heterocycles. The molecule has 76 valence electrons. The Morgan fingerprint density at radius 2 is 2.14 bits per heavy atom. The van der Waals surface area contributed by atoms with Crippen LogP contribution in [0.1, 0.15) is 19.3 Å². The second kappa shape index (κ2) is 4.36. The van der Waals surface area contributed by atoms with Gasteiger partial charge in [0.1, 0.15) is 5.75 Å². The topological polar surface area (TPSA) is 21.3 Å². The van der Waals surface area contributed by atoms with Crippen molar-refractivity contribution >= 4 is 5.69 Å². The van der Waals surface area contributed by atoms with Gasteiger partial charge in [0.25, 0.3) is 0 Å². The molecule has 2 nitrogen and oxygen atoms in total. The van der Waals surface area contributed by atoms with Crippen LogP contribution in [0.2, 0.25) is 0 Å². The maximum Gasteiger partial charge on any atom is 0.141 e. The monoisotopic (exact) mass is 191 g/mol. The van der Waals surface area contributed by atoms with Crippen LogP contribution in [0.3, 0.4) is 0 Å². The number of rotatable bonds is 5. The molecule has 0 spiro atoms. The summed E-state index contributed by atoms with van der Waals surface area (Å²) < 4.78 is 5.26. The Bertz CT molecular complexity index is 294. The molecule has 2 rings (SSSR count). The number of nitrogens with one attached hydrogen (secondary N) is 1. The van der Waals surface area contributed by atoms with Crippen LogP contribution in [0.4, 0.5) is 5.69 Å². The smallest absolute Gasteiger partial charge is 0.141 e. The number of hydrogen-bond donors (Lipinski definition) is 1. The van der Waals surface area contributed by atoms with Gasteiger partial charge in [-0.2, -0.15) is 0 Å². The van der Waals surface area contributed by atoms with Crippen LogP contribution in [0.25, 0.3) is 0 Å². The zero-order chi connectivity index (χ0) is 9.80. The number of benzene rings is 1. The van der Waals surface area contributed by atoms with Gasteiger partial charge in [0, 0.05) is 6.54 Å². The van der Waals surface area contributed by atoms with Gasteiger partial charge in [-0.3, -0.25) is 0 Å². The third kappa shape index (κ3) is 2.41. The first-order valence-electron chi connectivity index (χ1n) is 5.27. The summed E-state index contributed by atoms with van der Waals surface area (Å²) >= 11 is 0. The van der Waals surface area contributed by atoms with Crippen LogP contribution in [-0.2, 0) is 0 Å². The first-order valence-corrected chi connectivity index (χ1v) is 5.27. The van der Waals surface area contributed by atoms with E-state index < -0.39 is 0 Å². The zero-order valence-corrected chi connectivity index (χ0v) is 8.62. The van der Waals surface area contributed by atoms with Crippen molar-refractivity contribution in [2.75, 3.05) is 19.0 Å². The molecule has 0 bridgehead atoms. The summed E-state index contributed by atoms with van der Waals surface area (Å²) in [6.07, 6.45) is 4.14. The Balaban J connectivity index is 1.86. The Morgan fingerprint density at radius 3 is 2.86 bits per heavy atom. The molecule has 0 aliphatic heterocycles. The minimum absolute atomic E-state index is 0.934. The van der Waals surface area contributed by atoms with Crippen molar-refractivity contribution in [3.63, 3.8) is 0 Å². The van der Waals surface area contributed by atoms with Gasteiger partial charge in [-0.05, 0) is 24.5 Å². The van der Waals surface area contributed by atoms with E-state index in [1.54, 1.807) is 7.11 Å². The fourth-order valence-corrected chi connectivity index (χ4v) is 1.61. The second-order valence-electron chi connectivity index (χ2n) is 3.86. The van der Waals surface area contributed by atoms with E-state index in [0.29, 0.717) is 0 Å². The maximum absolute atomic E-state index is 5.26. The summed E-state index contributed by atoms with van der Waals surface area (Å²) in [6, 6.07) is 8.07. The van der Waals surface area contributed by atoms with Crippen molar-refractivity contribution in [3.05, 3.63) is 24.3 Å². The molecule has 1 aliphatic carbocycles. The van der Waals surface area contributed by atoms with Gasteiger partial charge < -0.3 is 10.1 Å². The Kier molecular flexibility index (Phi) is 2.92. The molecule has 0 atom stereocenters. The highest BCUT2D eigenvalue weighted by Crippen LogP contribution is 2.32. The predicted molar refractivity (Wildman–Crippen MR) is 58.8 cm³/mol. The van der Waals surface area contributed by atoms with E-state index in [9.17, 15) is 0 Å². The molecule has 1 saturated carbocycles. The molecular formula is C12H17NO. The highest BCUT2D eigenvalue weighted by Gasteiger charge is 2.20. The largest absolute Gasteiger partial charge is 0.495 e. The fourth-order valence-electron chi connectivity index (χ4n) is 1.61. The number of ether oxygens (including phenoxy) is 1. The number of methoxy groups -OCH3 is 1. The SMILES string of the molecule is COc1ccccc1NCCC1CC1. The molecular weight excluding hydrogens is 174 g/mol. The lowest BCUT2D eigenvalue weighted by Crippen LogP contribution is -2.03. The predicted octanol–water partition coefficient (Wildman–Crippen LogP) is 2.91. The quantitative estimate of drug-likeness (QED) is 0.772. The van der Waals surface area contributed by atoms with Gasteiger partial charge in [0.2, 0.25) is 0 Å². The molecule has 0 aromatic heterocycles. The van der Waals surface area contributed by atoms with E-state index in [4.69, 9.17) is 4.74 Å². The molecule has 0 heterocycles. The minimum atomic E-state index is 0.934. The van der Waals surface area contributed by atoms with Gasteiger partial charge in [0.15, 0.2) is 0 Å². The van der Waals surface area contributed by atoms with Crippen LogP contribution < -0.4 is 10.1 Å². The fraction of sp³-hybridized carbons (Fsp3) is 0.500. The van der Waals surface area contributed by atoms with E-state index in [1.165, 1.54) is 19.3 Å². The lowest BCUT2D eigenvalue weighted by molar-refractivity contribution is 0.416.